The Labute approximate surface area is 89.2 Å². The van der Waals surface area contributed by atoms with Crippen LogP contribution in [0.5, 0.6) is 0 Å². The maximum Gasteiger partial charge on any atom is 0.0707 e. The average molecular weight is 204 g/mol. The molecule has 80 valence electrons. The lowest BCUT2D eigenvalue weighted by Crippen LogP contribution is -2.11. The SMILES string of the molecule is CC(CON)Cc1c[nH]c2ccccc12. The van der Waals surface area contributed by atoms with Crippen LogP contribution in [0.25, 0.3) is 10.9 Å². The van der Waals surface area contributed by atoms with Crippen molar-refractivity contribution in [2.45, 2.75) is 13.3 Å². The lowest BCUT2D eigenvalue weighted by atomic mass is 10.0. The van der Waals surface area contributed by atoms with Crippen molar-refractivity contribution in [3.05, 3.63) is 36.0 Å². The van der Waals surface area contributed by atoms with Crippen LogP contribution < -0.4 is 5.90 Å². The summed E-state index contributed by atoms with van der Waals surface area (Å²) in [7, 11) is 0. The third-order valence-corrected chi connectivity index (χ3v) is 2.62. The molecule has 0 saturated heterocycles. The third kappa shape index (κ3) is 2.19. The fourth-order valence-electron chi connectivity index (χ4n) is 1.90. The van der Waals surface area contributed by atoms with Crippen LogP contribution in [0, 0.1) is 5.92 Å². The number of aromatic nitrogens is 1. The number of hydrogen-bond donors (Lipinski definition) is 2. The number of para-hydroxylation sites is 1. The van der Waals surface area contributed by atoms with Gasteiger partial charge in [-0.1, -0.05) is 25.1 Å². The van der Waals surface area contributed by atoms with Crippen LogP contribution in [0.3, 0.4) is 0 Å². The summed E-state index contributed by atoms with van der Waals surface area (Å²) in [6.07, 6.45) is 3.05. The second-order valence-electron chi connectivity index (χ2n) is 4.00. The molecule has 1 heterocycles. The highest BCUT2D eigenvalue weighted by molar-refractivity contribution is 5.83. The van der Waals surface area contributed by atoms with Gasteiger partial charge >= 0.3 is 0 Å². The Hall–Kier alpha value is -1.32. The first-order valence-corrected chi connectivity index (χ1v) is 5.18. The Kier molecular flexibility index (Phi) is 3.04. The molecule has 15 heavy (non-hydrogen) atoms. The lowest BCUT2D eigenvalue weighted by molar-refractivity contribution is 0.107. The van der Waals surface area contributed by atoms with Gasteiger partial charge in [0.1, 0.15) is 0 Å². The first-order chi connectivity index (χ1) is 7.31. The van der Waals surface area contributed by atoms with Gasteiger partial charge < -0.3 is 9.82 Å². The van der Waals surface area contributed by atoms with E-state index in [0.29, 0.717) is 12.5 Å². The molecule has 0 aliphatic carbocycles. The monoisotopic (exact) mass is 204 g/mol. The van der Waals surface area contributed by atoms with E-state index in [1.807, 2.05) is 6.07 Å². The maximum atomic E-state index is 5.06. The molecule has 0 aliphatic rings. The minimum Gasteiger partial charge on any atom is -0.361 e. The van der Waals surface area contributed by atoms with Crippen molar-refractivity contribution in [2.75, 3.05) is 6.61 Å². The Morgan fingerprint density at radius 1 is 1.40 bits per heavy atom. The lowest BCUT2D eigenvalue weighted by Gasteiger charge is -2.08. The molecule has 1 atom stereocenters. The predicted molar refractivity (Wildman–Crippen MR) is 61.3 cm³/mol. The van der Waals surface area contributed by atoms with E-state index in [9.17, 15) is 0 Å². The highest BCUT2D eigenvalue weighted by Crippen LogP contribution is 2.20. The van der Waals surface area contributed by atoms with Gasteiger partial charge in [0.25, 0.3) is 0 Å². The quantitative estimate of drug-likeness (QED) is 0.750. The van der Waals surface area contributed by atoms with Crippen LogP contribution in [0.2, 0.25) is 0 Å². The highest BCUT2D eigenvalue weighted by Gasteiger charge is 2.07. The predicted octanol–water partition coefficient (Wildman–Crippen LogP) is 2.24. The van der Waals surface area contributed by atoms with E-state index in [1.54, 1.807) is 0 Å². The van der Waals surface area contributed by atoms with E-state index < -0.39 is 0 Å². The minimum absolute atomic E-state index is 0.439. The van der Waals surface area contributed by atoms with E-state index in [4.69, 9.17) is 5.90 Å². The first-order valence-electron chi connectivity index (χ1n) is 5.18. The number of nitrogens with one attached hydrogen (secondary N) is 1. The molecule has 0 amide bonds. The molecule has 0 saturated carbocycles. The van der Waals surface area contributed by atoms with Crippen LogP contribution in [0.15, 0.2) is 30.5 Å². The molecule has 0 fully saturated rings. The molecule has 1 aromatic heterocycles. The van der Waals surface area contributed by atoms with Gasteiger partial charge in [-0.25, -0.2) is 5.90 Å². The molecule has 3 N–H and O–H groups in total. The van der Waals surface area contributed by atoms with Crippen LogP contribution in [0.1, 0.15) is 12.5 Å². The summed E-state index contributed by atoms with van der Waals surface area (Å²) in [6, 6.07) is 8.32. The van der Waals surface area contributed by atoms with Crippen LogP contribution in [0.4, 0.5) is 0 Å². The summed E-state index contributed by atoms with van der Waals surface area (Å²) in [5, 5.41) is 1.29. The van der Waals surface area contributed by atoms with Crippen molar-refractivity contribution in [1.82, 2.24) is 4.98 Å². The van der Waals surface area contributed by atoms with Gasteiger partial charge in [-0.15, -0.1) is 0 Å². The molecular weight excluding hydrogens is 188 g/mol. The molecule has 2 rings (SSSR count). The van der Waals surface area contributed by atoms with Crippen molar-refractivity contribution in [1.29, 1.82) is 0 Å². The van der Waals surface area contributed by atoms with Crippen molar-refractivity contribution in [3.8, 4) is 0 Å². The maximum absolute atomic E-state index is 5.06. The van der Waals surface area contributed by atoms with Crippen molar-refractivity contribution < 1.29 is 4.84 Å². The summed E-state index contributed by atoms with van der Waals surface area (Å²) in [6.45, 7) is 2.73. The Morgan fingerprint density at radius 3 is 3.00 bits per heavy atom. The van der Waals surface area contributed by atoms with Crippen molar-refractivity contribution >= 4 is 10.9 Å². The zero-order chi connectivity index (χ0) is 10.7. The van der Waals surface area contributed by atoms with Gasteiger partial charge in [0, 0.05) is 17.1 Å². The molecule has 1 unspecified atom stereocenters. The molecule has 0 spiro atoms. The zero-order valence-electron chi connectivity index (χ0n) is 8.86. The van der Waals surface area contributed by atoms with Crippen molar-refractivity contribution in [3.63, 3.8) is 0 Å². The highest BCUT2D eigenvalue weighted by atomic mass is 16.6. The van der Waals surface area contributed by atoms with Gasteiger partial charge in [-0.2, -0.15) is 0 Å². The summed E-state index contributed by atoms with van der Waals surface area (Å²) < 4.78 is 0. The fraction of sp³-hybridized carbons (Fsp3) is 0.333. The van der Waals surface area contributed by atoms with E-state index in [-0.39, 0.29) is 0 Å². The number of rotatable bonds is 4. The summed E-state index contributed by atoms with van der Waals surface area (Å²) >= 11 is 0. The summed E-state index contributed by atoms with van der Waals surface area (Å²) in [4.78, 5) is 7.92. The Balaban J connectivity index is 2.21. The van der Waals surface area contributed by atoms with Gasteiger partial charge in [0.05, 0.1) is 6.61 Å². The second-order valence-corrected chi connectivity index (χ2v) is 4.00. The smallest absolute Gasteiger partial charge is 0.0707 e. The standard InChI is InChI=1S/C12H16N2O/c1-9(8-15-13)6-10-7-14-12-5-3-2-4-11(10)12/h2-5,7,9,14H,6,8,13H2,1H3. The normalized spacial score (nSPS) is 13.2. The second kappa shape index (κ2) is 4.47. The molecular formula is C12H16N2O. The molecule has 1 aromatic carbocycles. The zero-order valence-corrected chi connectivity index (χ0v) is 8.86. The largest absolute Gasteiger partial charge is 0.361 e. The number of aromatic amines is 1. The van der Waals surface area contributed by atoms with E-state index in [1.165, 1.54) is 16.5 Å². The molecule has 0 radical (unpaired) electrons. The fourth-order valence-corrected chi connectivity index (χ4v) is 1.90. The Morgan fingerprint density at radius 2 is 2.20 bits per heavy atom. The van der Waals surface area contributed by atoms with Gasteiger partial charge in [-0.3, -0.25) is 0 Å². The Bertz CT molecular complexity index is 436. The van der Waals surface area contributed by atoms with Gasteiger partial charge in [-0.05, 0) is 24.0 Å². The van der Waals surface area contributed by atoms with Crippen LogP contribution in [-0.4, -0.2) is 11.6 Å². The molecule has 0 bridgehead atoms. The number of nitrogens with two attached hydrogens (primary N) is 1. The summed E-state index contributed by atoms with van der Waals surface area (Å²) in [5.41, 5.74) is 2.52. The van der Waals surface area contributed by atoms with E-state index in [0.717, 1.165) is 6.42 Å². The van der Waals surface area contributed by atoms with E-state index in [2.05, 4.69) is 41.1 Å². The first kappa shape index (κ1) is 10.2. The minimum atomic E-state index is 0.439. The number of benzene rings is 1. The van der Waals surface area contributed by atoms with Gasteiger partial charge in [0.2, 0.25) is 0 Å². The number of fused-ring (bicyclic) bond motifs is 1. The molecule has 3 heteroatoms. The topological polar surface area (TPSA) is 51.0 Å². The molecule has 3 nitrogen and oxygen atoms in total. The number of hydrogen-bond acceptors (Lipinski definition) is 2. The third-order valence-electron chi connectivity index (χ3n) is 2.62. The van der Waals surface area contributed by atoms with Gasteiger partial charge in [0.15, 0.2) is 0 Å². The van der Waals surface area contributed by atoms with Crippen molar-refractivity contribution in [2.24, 2.45) is 11.8 Å². The van der Waals surface area contributed by atoms with Crippen LogP contribution >= 0.6 is 0 Å². The summed E-state index contributed by atoms with van der Waals surface area (Å²) in [5.74, 6) is 5.50. The molecule has 2 aromatic rings. The number of H-pyrrole nitrogens is 1. The average Bonchev–Trinajstić information content (AvgIpc) is 2.62. The van der Waals surface area contributed by atoms with E-state index >= 15 is 0 Å². The van der Waals surface area contributed by atoms with Crippen LogP contribution in [-0.2, 0) is 11.3 Å². The molecule has 0 aliphatic heterocycles.